The van der Waals surface area contributed by atoms with Gasteiger partial charge in [0.05, 0.1) is 11.9 Å². The van der Waals surface area contributed by atoms with Crippen LogP contribution < -0.4 is 9.62 Å². The highest BCUT2D eigenvalue weighted by molar-refractivity contribution is 9.10. The number of carbonyl (C=O) groups is 2. The van der Waals surface area contributed by atoms with Crippen molar-refractivity contribution in [1.82, 2.24) is 10.2 Å². The van der Waals surface area contributed by atoms with E-state index in [9.17, 15) is 18.0 Å². The Bertz CT molecular complexity index is 1400. The minimum Gasteiger partial charge on any atom is -0.354 e. The Morgan fingerprint density at radius 3 is 2.15 bits per heavy atom. The molecule has 1 N–H and O–H groups in total. The van der Waals surface area contributed by atoms with Gasteiger partial charge in [-0.25, -0.2) is 8.42 Å². The second-order valence-corrected chi connectivity index (χ2v) is 13.5. The van der Waals surface area contributed by atoms with E-state index >= 15 is 0 Å². The number of halogens is 1. The Kier molecular flexibility index (Phi) is 12.0. The highest BCUT2D eigenvalue weighted by Gasteiger charge is 2.30. The number of carbonyl (C=O) groups excluding carboxylic acids is 2. The van der Waals surface area contributed by atoms with Crippen molar-refractivity contribution in [3.63, 3.8) is 0 Å². The number of hydrogen-bond acceptors (Lipinski definition) is 4. The molecule has 2 amide bonds. The molecule has 0 aliphatic carbocycles. The number of para-hydroxylation sites is 1. The third-order valence-electron chi connectivity index (χ3n) is 6.76. The average molecular weight is 643 g/mol. The number of aryl methyl sites for hydroxylation is 1. The van der Waals surface area contributed by atoms with Crippen LogP contribution >= 0.6 is 15.9 Å². The molecule has 0 fully saturated rings. The Morgan fingerprint density at radius 2 is 1.54 bits per heavy atom. The van der Waals surface area contributed by atoms with Gasteiger partial charge >= 0.3 is 0 Å². The van der Waals surface area contributed by atoms with Crippen molar-refractivity contribution in [1.29, 1.82) is 0 Å². The standard InChI is InChI=1S/C32H40BrN3O4S/c1-24(2)22-34-32(38)30(21-26-12-6-5-7-13-26)35(23-27-16-18-28(33)19-17-27)31(37)15-10-20-36(41(4,39)40)29-14-9-8-11-25(29)3/h5-9,11-14,16-19,24,30H,10,15,20-23H2,1-4H3,(H,34,38)/t30-/m0/s1. The summed E-state index contributed by atoms with van der Waals surface area (Å²) in [4.78, 5) is 29.1. The first-order valence-corrected chi connectivity index (χ1v) is 16.5. The topological polar surface area (TPSA) is 86.8 Å². The molecular weight excluding hydrogens is 602 g/mol. The second-order valence-electron chi connectivity index (χ2n) is 10.7. The summed E-state index contributed by atoms with van der Waals surface area (Å²) in [7, 11) is -3.56. The molecule has 0 aliphatic heterocycles. The maximum atomic E-state index is 13.9. The van der Waals surface area contributed by atoms with E-state index in [1.54, 1.807) is 17.0 Å². The maximum Gasteiger partial charge on any atom is 0.243 e. The van der Waals surface area contributed by atoms with Gasteiger partial charge in [-0.15, -0.1) is 0 Å². The van der Waals surface area contributed by atoms with Crippen LogP contribution in [0.15, 0.2) is 83.3 Å². The summed E-state index contributed by atoms with van der Waals surface area (Å²) in [6.07, 6.45) is 1.95. The van der Waals surface area contributed by atoms with Crippen LogP contribution in [-0.2, 0) is 32.6 Å². The van der Waals surface area contributed by atoms with Crippen molar-refractivity contribution >= 4 is 43.5 Å². The fraction of sp³-hybridized carbons (Fsp3) is 0.375. The zero-order chi connectivity index (χ0) is 30.0. The maximum absolute atomic E-state index is 13.9. The van der Waals surface area contributed by atoms with E-state index in [0.717, 1.165) is 21.2 Å². The van der Waals surface area contributed by atoms with E-state index in [1.165, 1.54) is 10.6 Å². The van der Waals surface area contributed by atoms with Crippen LogP contribution in [0.1, 0.15) is 43.4 Å². The zero-order valence-electron chi connectivity index (χ0n) is 24.2. The predicted octanol–water partition coefficient (Wildman–Crippen LogP) is 5.72. The van der Waals surface area contributed by atoms with Gasteiger partial charge in [0.15, 0.2) is 0 Å². The molecule has 1 atom stereocenters. The number of hydrogen-bond donors (Lipinski definition) is 1. The zero-order valence-corrected chi connectivity index (χ0v) is 26.6. The van der Waals surface area contributed by atoms with Gasteiger partial charge in [0, 0.05) is 36.9 Å². The van der Waals surface area contributed by atoms with Gasteiger partial charge in [-0.3, -0.25) is 13.9 Å². The molecule has 3 aromatic carbocycles. The molecule has 0 unspecified atom stereocenters. The van der Waals surface area contributed by atoms with E-state index in [2.05, 4.69) is 21.2 Å². The lowest BCUT2D eigenvalue weighted by atomic mass is 10.0. The number of anilines is 1. The molecule has 0 aliphatic rings. The Hall–Kier alpha value is -3.17. The first kappa shape index (κ1) is 32.3. The number of nitrogens with one attached hydrogen (secondary N) is 1. The van der Waals surface area contributed by atoms with Crippen LogP contribution in [0.25, 0.3) is 0 Å². The van der Waals surface area contributed by atoms with Crippen LogP contribution in [0.4, 0.5) is 5.69 Å². The highest BCUT2D eigenvalue weighted by Crippen LogP contribution is 2.23. The minimum atomic E-state index is -3.56. The molecular formula is C32H40BrN3O4S. The van der Waals surface area contributed by atoms with Crippen molar-refractivity contribution in [2.24, 2.45) is 5.92 Å². The summed E-state index contributed by atoms with van der Waals surface area (Å²) in [6.45, 7) is 6.84. The van der Waals surface area contributed by atoms with Gasteiger partial charge in [0.2, 0.25) is 21.8 Å². The molecule has 0 bridgehead atoms. The summed E-state index contributed by atoms with van der Waals surface area (Å²) in [5.74, 6) is -0.146. The van der Waals surface area contributed by atoms with Gasteiger partial charge in [0.25, 0.3) is 0 Å². The van der Waals surface area contributed by atoms with Crippen molar-refractivity contribution in [3.05, 3.63) is 100 Å². The predicted molar refractivity (Wildman–Crippen MR) is 169 cm³/mol. The lowest BCUT2D eigenvalue weighted by Gasteiger charge is -2.32. The van der Waals surface area contributed by atoms with Crippen LogP contribution in [0.2, 0.25) is 0 Å². The van der Waals surface area contributed by atoms with Crippen LogP contribution in [0, 0.1) is 12.8 Å². The van der Waals surface area contributed by atoms with Gasteiger partial charge in [0.1, 0.15) is 6.04 Å². The minimum absolute atomic E-state index is 0.0944. The van der Waals surface area contributed by atoms with Crippen LogP contribution in [0.3, 0.4) is 0 Å². The smallest absolute Gasteiger partial charge is 0.243 e. The quantitative estimate of drug-likeness (QED) is 0.244. The molecule has 9 heteroatoms. The normalized spacial score (nSPS) is 12.1. The first-order chi connectivity index (χ1) is 19.5. The largest absolute Gasteiger partial charge is 0.354 e. The Labute approximate surface area is 253 Å². The average Bonchev–Trinajstić information content (AvgIpc) is 2.93. The van der Waals surface area contributed by atoms with E-state index in [0.29, 0.717) is 25.1 Å². The fourth-order valence-corrected chi connectivity index (χ4v) is 5.88. The van der Waals surface area contributed by atoms with E-state index in [-0.39, 0.29) is 37.2 Å². The Balaban J connectivity index is 1.88. The first-order valence-electron chi connectivity index (χ1n) is 13.8. The number of amides is 2. The molecule has 41 heavy (non-hydrogen) atoms. The number of benzene rings is 3. The number of rotatable bonds is 14. The summed E-state index contributed by atoms with van der Waals surface area (Å²) in [6, 6.07) is 23.9. The van der Waals surface area contributed by atoms with E-state index in [1.807, 2.05) is 87.5 Å². The van der Waals surface area contributed by atoms with Crippen LogP contribution in [-0.4, -0.2) is 50.5 Å². The molecule has 0 radical (unpaired) electrons. The summed E-state index contributed by atoms with van der Waals surface area (Å²) in [5, 5.41) is 3.03. The van der Waals surface area contributed by atoms with Gasteiger partial charge < -0.3 is 10.2 Å². The van der Waals surface area contributed by atoms with Crippen molar-refractivity contribution in [3.8, 4) is 0 Å². The van der Waals surface area contributed by atoms with E-state index < -0.39 is 16.1 Å². The van der Waals surface area contributed by atoms with Gasteiger partial charge in [-0.1, -0.05) is 90.4 Å². The third kappa shape index (κ3) is 10.0. The van der Waals surface area contributed by atoms with E-state index in [4.69, 9.17) is 0 Å². The number of sulfonamides is 1. The molecule has 220 valence electrons. The molecule has 3 rings (SSSR count). The van der Waals surface area contributed by atoms with Crippen molar-refractivity contribution in [2.45, 2.75) is 52.6 Å². The van der Waals surface area contributed by atoms with Crippen LogP contribution in [0.5, 0.6) is 0 Å². The summed E-state index contributed by atoms with van der Waals surface area (Å²) in [5.41, 5.74) is 3.29. The molecule has 0 heterocycles. The summed E-state index contributed by atoms with van der Waals surface area (Å²) >= 11 is 3.46. The molecule has 3 aromatic rings. The molecule has 0 spiro atoms. The second kappa shape index (κ2) is 15.2. The SMILES string of the molecule is Cc1ccccc1N(CCCC(=O)N(Cc1ccc(Br)cc1)[C@@H](Cc1ccccc1)C(=O)NCC(C)C)S(C)(=O)=O. The van der Waals surface area contributed by atoms with Crippen molar-refractivity contribution in [2.75, 3.05) is 23.7 Å². The summed E-state index contributed by atoms with van der Waals surface area (Å²) < 4.78 is 27.6. The van der Waals surface area contributed by atoms with Gasteiger partial charge in [-0.2, -0.15) is 0 Å². The molecule has 0 saturated carbocycles. The third-order valence-corrected chi connectivity index (χ3v) is 8.47. The molecule has 0 aromatic heterocycles. The molecule has 0 saturated heterocycles. The Morgan fingerprint density at radius 1 is 0.902 bits per heavy atom. The van der Waals surface area contributed by atoms with Gasteiger partial charge in [-0.05, 0) is 54.2 Å². The number of nitrogens with zero attached hydrogens (tertiary/aromatic N) is 2. The van der Waals surface area contributed by atoms with Crippen molar-refractivity contribution < 1.29 is 18.0 Å². The highest BCUT2D eigenvalue weighted by atomic mass is 79.9. The fourth-order valence-electron chi connectivity index (χ4n) is 4.59. The monoisotopic (exact) mass is 641 g/mol. The lowest BCUT2D eigenvalue weighted by molar-refractivity contribution is -0.141. The molecule has 7 nitrogen and oxygen atoms in total. The lowest BCUT2D eigenvalue weighted by Crippen LogP contribution is -2.51.